The molecule has 0 radical (unpaired) electrons. The van der Waals surface area contributed by atoms with Gasteiger partial charge in [0.1, 0.15) is 5.56 Å². The standard InChI is InChI=1S/C19H29BrN4O8S2/c1-4-21-7-9-23(10-8-21)19(25)15-13-17(18(33(2,28)29)14-16(15)24(26)27)22(6-5-20)11-12-32-34(3,30)31/h13-14H,4-12H2,1-3H3/i1D3,4D2. The van der Waals surface area contributed by atoms with Crippen LogP contribution in [0.15, 0.2) is 17.0 Å². The van der Waals surface area contributed by atoms with Crippen LogP contribution in [0.2, 0.25) is 0 Å². The average molecular weight is 591 g/mol. The van der Waals surface area contributed by atoms with Crippen LogP contribution in [0.25, 0.3) is 0 Å². The lowest BCUT2D eigenvalue weighted by Gasteiger charge is -2.34. The van der Waals surface area contributed by atoms with Gasteiger partial charge in [-0.3, -0.25) is 19.1 Å². The minimum absolute atomic E-state index is 0.0691. The molecule has 12 nitrogen and oxygen atoms in total. The van der Waals surface area contributed by atoms with Gasteiger partial charge in [-0.15, -0.1) is 0 Å². The van der Waals surface area contributed by atoms with E-state index in [0.717, 1.165) is 29.5 Å². The number of amides is 1. The zero-order valence-electron chi connectivity index (χ0n) is 23.6. The Morgan fingerprint density at radius 1 is 1.24 bits per heavy atom. The van der Waals surface area contributed by atoms with Crippen molar-refractivity contribution in [3.63, 3.8) is 0 Å². The summed E-state index contributed by atoms with van der Waals surface area (Å²) in [7, 11) is -7.86. The van der Waals surface area contributed by atoms with E-state index in [0.29, 0.717) is 5.33 Å². The normalized spacial score (nSPS) is 18.3. The van der Waals surface area contributed by atoms with Gasteiger partial charge in [0.2, 0.25) is 0 Å². The molecule has 0 unspecified atom stereocenters. The molecule has 1 aliphatic rings. The molecule has 1 aromatic carbocycles. The second-order valence-electron chi connectivity index (χ2n) is 7.46. The summed E-state index contributed by atoms with van der Waals surface area (Å²) < 4.78 is 90.8. The van der Waals surface area contributed by atoms with E-state index in [1.807, 2.05) is 0 Å². The minimum Gasteiger partial charge on any atom is -0.367 e. The number of piperazine rings is 1. The monoisotopic (exact) mass is 589 g/mol. The summed E-state index contributed by atoms with van der Waals surface area (Å²) in [5, 5.41) is 12.2. The highest BCUT2D eigenvalue weighted by Crippen LogP contribution is 2.34. The van der Waals surface area contributed by atoms with Crippen molar-refractivity contribution in [1.82, 2.24) is 9.80 Å². The Hall–Kier alpha value is -1.81. The second kappa shape index (κ2) is 11.7. The fraction of sp³-hybridized carbons (Fsp3) is 0.632. The van der Waals surface area contributed by atoms with E-state index in [4.69, 9.17) is 11.0 Å². The van der Waals surface area contributed by atoms with Crippen molar-refractivity contribution in [3.8, 4) is 0 Å². The van der Waals surface area contributed by atoms with E-state index < -0.39 is 60.3 Å². The van der Waals surface area contributed by atoms with E-state index in [1.165, 1.54) is 9.80 Å². The van der Waals surface area contributed by atoms with E-state index >= 15 is 0 Å². The van der Waals surface area contributed by atoms with Crippen molar-refractivity contribution >= 4 is 53.2 Å². The first-order valence-electron chi connectivity index (χ1n) is 12.4. The van der Waals surface area contributed by atoms with Crippen molar-refractivity contribution in [2.24, 2.45) is 0 Å². The first-order chi connectivity index (χ1) is 17.7. The molecule has 1 aliphatic heterocycles. The topological polar surface area (TPSA) is 147 Å². The molecule has 15 heteroatoms. The van der Waals surface area contributed by atoms with Gasteiger partial charge in [-0.05, 0) is 12.6 Å². The Bertz CT molecular complexity index is 1300. The predicted molar refractivity (Wildman–Crippen MR) is 131 cm³/mol. The molecule has 34 heavy (non-hydrogen) atoms. The number of hydrogen-bond donors (Lipinski definition) is 0. The van der Waals surface area contributed by atoms with Crippen LogP contribution in [0.5, 0.6) is 0 Å². The number of nitro benzene ring substituents is 1. The number of nitro groups is 1. The number of alkyl halides is 1. The molecule has 0 spiro atoms. The first kappa shape index (κ1) is 21.5. The van der Waals surface area contributed by atoms with E-state index in [9.17, 15) is 31.7 Å². The zero-order chi connectivity index (χ0) is 30.0. The smallest absolute Gasteiger partial charge is 0.283 e. The molecule has 1 aromatic rings. The van der Waals surface area contributed by atoms with Crippen LogP contribution in [0, 0.1) is 10.1 Å². The Labute approximate surface area is 215 Å². The fourth-order valence-corrected chi connectivity index (χ4v) is 5.07. The molecule has 1 saturated heterocycles. The van der Waals surface area contributed by atoms with Gasteiger partial charge in [-0.25, -0.2) is 8.42 Å². The largest absolute Gasteiger partial charge is 0.367 e. The summed E-state index contributed by atoms with van der Waals surface area (Å²) in [5.74, 6) is -0.830. The lowest BCUT2D eigenvalue weighted by atomic mass is 10.1. The summed E-state index contributed by atoms with van der Waals surface area (Å²) in [4.78, 5) is 27.7. The van der Waals surface area contributed by atoms with Crippen LogP contribution in [0.4, 0.5) is 11.4 Å². The molecule has 2 rings (SSSR count). The maximum atomic E-state index is 13.4. The third-order valence-corrected chi connectivity index (χ3v) is 7.06. The lowest BCUT2D eigenvalue weighted by molar-refractivity contribution is -0.385. The molecule has 1 amide bonds. The summed E-state index contributed by atoms with van der Waals surface area (Å²) in [6.07, 6.45) is 1.68. The number of halogens is 1. The summed E-state index contributed by atoms with van der Waals surface area (Å²) in [6.45, 7) is -6.53. The third kappa shape index (κ3) is 7.60. The van der Waals surface area contributed by atoms with E-state index in [-0.39, 0.29) is 51.6 Å². The third-order valence-electron chi connectivity index (χ3n) is 4.98. The van der Waals surface area contributed by atoms with Gasteiger partial charge in [0.05, 0.1) is 28.4 Å². The number of carbonyl (C=O) groups is 1. The maximum Gasteiger partial charge on any atom is 0.283 e. The Balaban J connectivity index is 2.51. The van der Waals surface area contributed by atoms with Gasteiger partial charge in [0.15, 0.2) is 9.84 Å². The molecule has 0 bridgehead atoms. The van der Waals surface area contributed by atoms with Gasteiger partial charge >= 0.3 is 0 Å². The number of benzene rings is 1. The Morgan fingerprint density at radius 3 is 2.38 bits per heavy atom. The van der Waals surface area contributed by atoms with Crippen molar-refractivity contribution in [2.45, 2.75) is 11.7 Å². The van der Waals surface area contributed by atoms with Crippen molar-refractivity contribution in [2.75, 3.05) is 75.1 Å². The number of hydrogen-bond acceptors (Lipinski definition) is 10. The maximum absolute atomic E-state index is 13.4. The van der Waals surface area contributed by atoms with Crippen LogP contribution in [0.3, 0.4) is 0 Å². The van der Waals surface area contributed by atoms with Gasteiger partial charge in [0.25, 0.3) is 21.7 Å². The molecular weight excluding hydrogens is 556 g/mol. The molecular formula is C19H29BrN4O8S2. The van der Waals surface area contributed by atoms with Crippen LogP contribution < -0.4 is 4.90 Å². The van der Waals surface area contributed by atoms with Gasteiger partial charge in [-0.2, -0.15) is 8.42 Å². The van der Waals surface area contributed by atoms with Gasteiger partial charge in [-0.1, -0.05) is 22.8 Å². The summed E-state index contributed by atoms with van der Waals surface area (Å²) in [5.41, 5.74) is -1.27. The van der Waals surface area contributed by atoms with Gasteiger partial charge < -0.3 is 14.7 Å². The number of likely N-dealkylation sites (N-methyl/N-ethyl adjacent to an activating group) is 1. The molecule has 0 N–H and O–H groups in total. The molecule has 1 fully saturated rings. The molecule has 0 atom stereocenters. The molecule has 0 saturated carbocycles. The minimum atomic E-state index is -4.06. The predicted octanol–water partition coefficient (Wildman–Crippen LogP) is 0.954. The van der Waals surface area contributed by atoms with Crippen molar-refractivity contribution in [3.05, 3.63) is 27.8 Å². The SMILES string of the molecule is [2H]C([2H])([2H])C([2H])([2H])N1CCN(C(=O)c2cc(N(CCBr)CCOS(C)(=O)=O)c(S(C)(=O)=O)cc2[N+](=O)[O-])CC1. The number of nitrogens with zero attached hydrogens (tertiary/aromatic N) is 4. The molecule has 0 aromatic heterocycles. The number of sulfone groups is 1. The quantitative estimate of drug-likeness (QED) is 0.158. The van der Waals surface area contributed by atoms with Crippen LogP contribution in [0.1, 0.15) is 24.1 Å². The molecule has 1 heterocycles. The zero-order valence-corrected chi connectivity index (χ0v) is 21.8. The fourth-order valence-electron chi connectivity index (χ4n) is 3.37. The van der Waals surface area contributed by atoms with Crippen LogP contribution >= 0.6 is 15.9 Å². The lowest BCUT2D eigenvalue weighted by Crippen LogP contribution is -2.48. The number of anilines is 1. The highest BCUT2D eigenvalue weighted by molar-refractivity contribution is 9.09. The van der Waals surface area contributed by atoms with Crippen molar-refractivity contribution in [1.29, 1.82) is 0 Å². The average Bonchev–Trinajstić information content (AvgIpc) is 2.80. The first-order valence-corrected chi connectivity index (χ1v) is 14.8. The summed E-state index contributed by atoms with van der Waals surface area (Å²) >= 11 is 3.23. The highest BCUT2D eigenvalue weighted by atomic mass is 79.9. The van der Waals surface area contributed by atoms with Gasteiger partial charge in [0, 0.05) is 63.8 Å². The summed E-state index contributed by atoms with van der Waals surface area (Å²) in [6, 6.07) is 1.84. The Kier molecular flexibility index (Phi) is 7.42. The second-order valence-corrected chi connectivity index (χ2v) is 11.9. The van der Waals surface area contributed by atoms with Crippen LogP contribution in [-0.4, -0.2) is 108 Å². The Morgan fingerprint density at radius 2 is 1.88 bits per heavy atom. The number of rotatable bonds is 11. The molecule has 192 valence electrons. The molecule has 0 aliphatic carbocycles. The van der Waals surface area contributed by atoms with Crippen LogP contribution in [-0.2, 0) is 24.1 Å². The number of carbonyl (C=O) groups excluding carboxylic acids is 1. The van der Waals surface area contributed by atoms with E-state index in [2.05, 4.69) is 15.9 Å². The van der Waals surface area contributed by atoms with E-state index in [1.54, 1.807) is 0 Å². The van der Waals surface area contributed by atoms with Crippen molar-refractivity contribution < 1.29 is 37.6 Å². The highest BCUT2D eigenvalue weighted by Gasteiger charge is 2.32.